The molecule has 5 heteroatoms. The average molecular weight is 552 g/mol. The molecule has 0 N–H and O–H groups in total. The summed E-state index contributed by atoms with van der Waals surface area (Å²) in [5, 5.41) is 12.0. The molecule has 0 fully saturated rings. The van der Waals surface area contributed by atoms with Crippen LogP contribution in [0.4, 0.5) is 15.9 Å². The Hall–Kier alpha value is -4.93. The van der Waals surface area contributed by atoms with Crippen molar-refractivity contribution in [1.29, 1.82) is 5.26 Å². The summed E-state index contributed by atoms with van der Waals surface area (Å²) in [5.41, 5.74) is 4.12. The Morgan fingerprint density at radius 3 is 2.34 bits per heavy atom. The molecular weight excluding hydrogens is 533 g/mol. The van der Waals surface area contributed by atoms with Gasteiger partial charge in [-0.2, -0.15) is 0 Å². The molecule has 4 nitrogen and oxygen atoms in total. The van der Waals surface area contributed by atoms with E-state index in [9.17, 15) is 10.1 Å². The fraction of sp³-hybridized carbons (Fsp3) is 0. The van der Waals surface area contributed by atoms with Crippen LogP contribution in [0.2, 0.25) is 0 Å². The van der Waals surface area contributed by atoms with Gasteiger partial charge in [-0.1, -0.05) is 0 Å². The number of Topliss-reactive ketones (excluding diaryl/α,β-unsaturated/α-hetero) is 1. The first-order chi connectivity index (χ1) is 18.7. The molecule has 0 saturated heterocycles. The molecule has 0 saturated carbocycles. The Morgan fingerprint density at radius 2 is 1.55 bits per heavy atom. The molecule has 0 spiro atoms. The quantitative estimate of drug-likeness (QED) is 0.0990. The van der Waals surface area contributed by atoms with Gasteiger partial charge in [0.15, 0.2) is 0 Å². The summed E-state index contributed by atoms with van der Waals surface area (Å²) >= 11 is -0.120. The van der Waals surface area contributed by atoms with Gasteiger partial charge in [-0.3, -0.25) is 0 Å². The number of para-hydroxylation sites is 1. The van der Waals surface area contributed by atoms with Crippen LogP contribution in [-0.2, 0) is 0 Å². The van der Waals surface area contributed by atoms with Gasteiger partial charge in [0.05, 0.1) is 0 Å². The van der Waals surface area contributed by atoms with Gasteiger partial charge in [-0.25, -0.2) is 0 Å². The van der Waals surface area contributed by atoms with Crippen LogP contribution in [0.15, 0.2) is 120 Å². The van der Waals surface area contributed by atoms with Crippen molar-refractivity contribution >= 4 is 58.6 Å². The monoisotopic (exact) mass is 553 g/mol. The van der Waals surface area contributed by atoms with Crippen molar-refractivity contribution in [2.24, 2.45) is 0 Å². The maximum atomic E-state index is 13.4. The van der Waals surface area contributed by atoms with Gasteiger partial charge >= 0.3 is 227 Å². The molecule has 1 aliphatic rings. The Labute approximate surface area is 226 Å². The number of hydrogen-bond donors (Lipinski definition) is 0. The molecule has 178 valence electrons. The topological polar surface area (TPSA) is 48.5 Å². The predicted octanol–water partition coefficient (Wildman–Crippen LogP) is 7.80. The van der Waals surface area contributed by atoms with Crippen molar-refractivity contribution in [3.63, 3.8) is 0 Å². The van der Waals surface area contributed by atoms with E-state index in [1.54, 1.807) is 12.1 Å². The number of benzene rings is 4. The van der Waals surface area contributed by atoms with Crippen LogP contribution < -0.4 is 4.90 Å². The van der Waals surface area contributed by atoms with E-state index in [2.05, 4.69) is 64.3 Å². The Kier molecular flexibility index (Phi) is 6.08. The second-order valence-corrected chi connectivity index (χ2v) is 11.0. The van der Waals surface area contributed by atoms with Crippen LogP contribution in [0, 0.1) is 17.9 Å². The van der Waals surface area contributed by atoms with Crippen LogP contribution in [0.3, 0.4) is 0 Å². The minimum absolute atomic E-state index is 0.0597. The minimum atomic E-state index is -0.147. The van der Waals surface area contributed by atoms with E-state index in [4.69, 9.17) is 6.57 Å². The maximum absolute atomic E-state index is 13.4. The van der Waals surface area contributed by atoms with Crippen LogP contribution in [0.25, 0.3) is 27.3 Å². The normalized spacial score (nSPS) is 14.7. The fourth-order valence-electron chi connectivity index (χ4n) is 4.88. The van der Waals surface area contributed by atoms with E-state index in [0.717, 1.165) is 25.8 Å². The Morgan fingerprint density at radius 1 is 0.842 bits per heavy atom. The number of ketones is 1. The first kappa shape index (κ1) is 23.5. The molecule has 0 bridgehead atoms. The number of fused-ring (bicyclic) bond motifs is 2. The molecule has 0 atom stereocenters. The van der Waals surface area contributed by atoms with Crippen LogP contribution >= 0.6 is 0 Å². The van der Waals surface area contributed by atoms with Crippen molar-refractivity contribution in [1.82, 2.24) is 0 Å². The second-order valence-electron chi connectivity index (χ2n) is 8.73. The number of rotatable bonds is 4. The van der Waals surface area contributed by atoms with Crippen molar-refractivity contribution in [3.05, 3.63) is 147 Å². The van der Waals surface area contributed by atoms with E-state index in [1.807, 2.05) is 54.6 Å². The first-order valence-corrected chi connectivity index (χ1v) is 13.7. The number of carbonyl (C=O) groups excluding carboxylic acids is 1. The molecule has 0 aliphatic heterocycles. The second kappa shape index (κ2) is 9.85. The molecule has 1 aromatic heterocycles. The first-order valence-electron chi connectivity index (χ1n) is 12.0. The molecule has 0 radical (unpaired) electrons. The van der Waals surface area contributed by atoms with E-state index in [0.29, 0.717) is 22.3 Å². The SMILES string of the molecule is [C-]#[N+]/C(C#N)=C1\C(=C\c2ccc(N(c3ccccc3)c3cccc4ccccc34)[se]2)C(=O)c2ccccc21. The molecule has 6 rings (SSSR count). The fourth-order valence-corrected chi connectivity index (χ4v) is 6.95. The summed E-state index contributed by atoms with van der Waals surface area (Å²) in [6.07, 6.45) is 1.87. The number of anilines is 3. The number of nitrogens with zero attached hydrogens (tertiary/aromatic N) is 3. The van der Waals surface area contributed by atoms with E-state index >= 15 is 0 Å². The predicted molar refractivity (Wildman–Crippen MR) is 153 cm³/mol. The van der Waals surface area contributed by atoms with Crippen LogP contribution in [0.1, 0.15) is 20.4 Å². The number of nitriles is 1. The summed E-state index contributed by atoms with van der Waals surface area (Å²) in [7, 11) is 0. The third-order valence-electron chi connectivity index (χ3n) is 6.55. The summed E-state index contributed by atoms with van der Waals surface area (Å²) in [6.45, 7) is 7.53. The summed E-state index contributed by atoms with van der Waals surface area (Å²) in [5.74, 6) is -0.147. The third kappa shape index (κ3) is 3.97. The van der Waals surface area contributed by atoms with Gasteiger partial charge in [0, 0.05) is 0 Å². The third-order valence-corrected chi connectivity index (χ3v) is 8.69. The molecule has 1 aliphatic carbocycles. The molecular formula is C33H19N3OSe. The summed E-state index contributed by atoms with van der Waals surface area (Å²) < 4.78 is 2.13. The Balaban J connectivity index is 1.50. The zero-order valence-corrected chi connectivity index (χ0v) is 21.8. The van der Waals surface area contributed by atoms with Gasteiger partial charge in [-0.15, -0.1) is 0 Å². The summed E-state index contributed by atoms with van der Waals surface area (Å²) in [6, 6.07) is 38.3. The van der Waals surface area contributed by atoms with Gasteiger partial charge < -0.3 is 0 Å². The van der Waals surface area contributed by atoms with Crippen LogP contribution in [-0.4, -0.2) is 20.3 Å². The molecule has 0 unspecified atom stereocenters. The van der Waals surface area contributed by atoms with Crippen molar-refractivity contribution in [2.45, 2.75) is 0 Å². The van der Waals surface area contributed by atoms with Gasteiger partial charge in [0.2, 0.25) is 0 Å². The van der Waals surface area contributed by atoms with Crippen molar-refractivity contribution in [3.8, 4) is 6.07 Å². The number of carbonyl (C=O) groups is 1. The average Bonchev–Trinajstić information content (AvgIpc) is 3.53. The zero-order valence-electron chi connectivity index (χ0n) is 20.1. The number of allylic oxidation sites excluding steroid dienone is 3. The molecule has 0 amide bonds. The van der Waals surface area contributed by atoms with Gasteiger partial charge in [0.25, 0.3) is 0 Å². The van der Waals surface area contributed by atoms with Crippen LogP contribution in [0.5, 0.6) is 0 Å². The van der Waals surface area contributed by atoms with Crippen molar-refractivity contribution in [2.75, 3.05) is 4.90 Å². The zero-order chi connectivity index (χ0) is 26.1. The Bertz CT molecular complexity index is 1840. The van der Waals surface area contributed by atoms with Crippen molar-refractivity contribution < 1.29 is 4.79 Å². The van der Waals surface area contributed by atoms with E-state index in [1.165, 1.54) is 5.39 Å². The number of hydrogen-bond acceptors (Lipinski definition) is 3. The molecule has 4 aromatic carbocycles. The molecule has 5 aromatic rings. The molecule has 38 heavy (non-hydrogen) atoms. The van der Waals surface area contributed by atoms with E-state index < -0.39 is 0 Å². The summed E-state index contributed by atoms with van der Waals surface area (Å²) in [4.78, 5) is 19.1. The van der Waals surface area contributed by atoms with Gasteiger partial charge in [-0.05, 0) is 0 Å². The van der Waals surface area contributed by atoms with Gasteiger partial charge in [0.1, 0.15) is 0 Å². The standard InChI is InChI=1S/C33H19N3OSe/c1-35-29(21-34)32-26-15-7-8-16-27(26)33(37)28(32)20-24-18-19-31(38-24)36(23-12-3-2-4-13-23)30-17-9-11-22-10-5-6-14-25(22)30/h2-20H/b28-20-,32-29-. The molecule has 1 heterocycles. The van der Waals surface area contributed by atoms with E-state index in [-0.39, 0.29) is 26.0 Å².